The number of benzene rings is 2. The van der Waals surface area contributed by atoms with Gasteiger partial charge in [0.2, 0.25) is 0 Å². The molecular formula is C20H17ClN2O2. The van der Waals surface area contributed by atoms with Crippen molar-refractivity contribution >= 4 is 34.1 Å². The fourth-order valence-corrected chi connectivity index (χ4v) is 2.72. The van der Waals surface area contributed by atoms with Crippen molar-refractivity contribution in [2.45, 2.75) is 19.4 Å². The fraction of sp³-hybridized carbons (Fsp3) is 0.150. The van der Waals surface area contributed by atoms with E-state index in [0.29, 0.717) is 17.1 Å². The smallest absolute Gasteiger partial charge is 0.270 e. The first kappa shape index (κ1) is 17.1. The van der Waals surface area contributed by atoms with Gasteiger partial charge in [-0.05, 0) is 42.5 Å². The number of carbonyl (C=O) groups is 2. The summed E-state index contributed by atoms with van der Waals surface area (Å²) in [6.45, 7) is 1.47. The SMILES string of the molecule is CC(=O)C(Cc1ccc(Cl)cc1)NC(=O)c1cc2ccccc2cn1. The summed E-state index contributed by atoms with van der Waals surface area (Å²) in [4.78, 5) is 28.6. The number of nitrogens with one attached hydrogen (secondary N) is 1. The molecule has 5 heteroatoms. The molecule has 0 bridgehead atoms. The van der Waals surface area contributed by atoms with Gasteiger partial charge in [-0.3, -0.25) is 14.6 Å². The van der Waals surface area contributed by atoms with Crippen LogP contribution >= 0.6 is 11.6 Å². The molecule has 1 atom stereocenters. The lowest BCUT2D eigenvalue weighted by Crippen LogP contribution is -2.41. The number of carbonyl (C=O) groups excluding carboxylic acids is 2. The summed E-state index contributed by atoms with van der Waals surface area (Å²) in [7, 11) is 0. The second kappa shape index (κ2) is 7.45. The second-order valence-electron chi connectivity index (χ2n) is 5.88. The highest BCUT2D eigenvalue weighted by Gasteiger charge is 2.19. The van der Waals surface area contributed by atoms with Gasteiger partial charge in [-0.2, -0.15) is 0 Å². The van der Waals surface area contributed by atoms with Crippen LogP contribution in [0.4, 0.5) is 0 Å². The van der Waals surface area contributed by atoms with Crippen molar-refractivity contribution in [2.75, 3.05) is 0 Å². The van der Waals surface area contributed by atoms with Crippen molar-refractivity contribution in [1.29, 1.82) is 0 Å². The van der Waals surface area contributed by atoms with Crippen LogP contribution in [0, 0.1) is 0 Å². The minimum Gasteiger partial charge on any atom is -0.341 e. The molecule has 0 fully saturated rings. The van der Waals surface area contributed by atoms with Crippen molar-refractivity contribution in [3.05, 3.63) is 77.1 Å². The summed E-state index contributed by atoms with van der Waals surface area (Å²) in [6.07, 6.45) is 2.07. The molecule has 126 valence electrons. The van der Waals surface area contributed by atoms with Crippen molar-refractivity contribution in [3.8, 4) is 0 Å². The van der Waals surface area contributed by atoms with Gasteiger partial charge in [-0.25, -0.2) is 0 Å². The zero-order chi connectivity index (χ0) is 17.8. The van der Waals surface area contributed by atoms with Crippen molar-refractivity contribution in [2.24, 2.45) is 0 Å². The van der Waals surface area contributed by atoms with Crippen LogP contribution in [0.1, 0.15) is 23.0 Å². The molecule has 0 radical (unpaired) electrons. The highest BCUT2D eigenvalue weighted by molar-refractivity contribution is 6.30. The number of amides is 1. The van der Waals surface area contributed by atoms with E-state index in [4.69, 9.17) is 11.6 Å². The molecule has 2 aromatic carbocycles. The van der Waals surface area contributed by atoms with E-state index in [9.17, 15) is 9.59 Å². The Morgan fingerprint density at radius 2 is 1.76 bits per heavy atom. The number of nitrogens with zero attached hydrogens (tertiary/aromatic N) is 1. The summed E-state index contributed by atoms with van der Waals surface area (Å²) in [5.41, 5.74) is 1.22. The molecule has 4 nitrogen and oxygen atoms in total. The molecule has 1 amide bonds. The molecule has 1 unspecified atom stereocenters. The largest absolute Gasteiger partial charge is 0.341 e. The Hall–Kier alpha value is -2.72. The molecule has 0 spiro atoms. The number of halogens is 1. The molecule has 1 N–H and O–H groups in total. The Labute approximate surface area is 150 Å². The van der Waals surface area contributed by atoms with Gasteiger partial charge in [0.1, 0.15) is 5.69 Å². The average molecular weight is 353 g/mol. The van der Waals surface area contributed by atoms with E-state index in [2.05, 4.69) is 10.3 Å². The maximum Gasteiger partial charge on any atom is 0.270 e. The third kappa shape index (κ3) is 4.22. The van der Waals surface area contributed by atoms with E-state index in [1.54, 1.807) is 24.4 Å². The summed E-state index contributed by atoms with van der Waals surface area (Å²) < 4.78 is 0. The first-order chi connectivity index (χ1) is 12.0. The number of rotatable bonds is 5. The summed E-state index contributed by atoms with van der Waals surface area (Å²) >= 11 is 5.88. The van der Waals surface area contributed by atoms with E-state index >= 15 is 0 Å². The van der Waals surface area contributed by atoms with Crippen LogP contribution in [0.15, 0.2) is 60.8 Å². The normalized spacial score (nSPS) is 11.9. The van der Waals surface area contributed by atoms with E-state index in [0.717, 1.165) is 16.3 Å². The second-order valence-corrected chi connectivity index (χ2v) is 6.32. The molecule has 25 heavy (non-hydrogen) atoms. The Kier molecular flexibility index (Phi) is 5.10. The number of Topliss-reactive ketones (excluding diaryl/α,β-unsaturated/α-hetero) is 1. The van der Waals surface area contributed by atoms with Crippen molar-refractivity contribution in [3.63, 3.8) is 0 Å². The third-order valence-corrected chi connectivity index (χ3v) is 4.26. The molecule has 0 aliphatic rings. The summed E-state index contributed by atoms with van der Waals surface area (Å²) in [5.74, 6) is -0.469. The number of hydrogen-bond acceptors (Lipinski definition) is 3. The Balaban J connectivity index is 1.77. The number of ketones is 1. The zero-order valence-corrected chi connectivity index (χ0v) is 14.5. The van der Waals surface area contributed by atoms with Crippen LogP contribution in [0.5, 0.6) is 0 Å². The Bertz CT molecular complexity index is 922. The molecular weight excluding hydrogens is 336 g/mol. The van der Waals surface area contributed by atoms with Crippen LogP contribution in [-0.4, -0.2) is 22.7 Å². The van der Waals surface area contributed by atoms with Crippen molar-refractivity contribution < 1.29 is 9.59 Å². The highest BCUT2D eigenvalue weighted by atomic mass is 35.5. The maximum atomic E-state index is 12.5. The molecule has 1 aromatic heterocycles. The number of pyridine rings is 1. The first-order valence-electron chi connectivity index (χ1n) is 7.93. The Morgan fingerprint density at radius 1 is 1.08 bits per heavy atom. The lowest BCUT2D eigenvalue weighted by Gasteiger charge is -2.16. The van der Waals surface area contributed by atoms with Crippen molar-refractivity contribution in [1.82, 2.24) is 10.3 Å². The fourth-order valence-electron chi connectivity index (χ4n) is 2.59. The summed E-state index contributed by atoms with van der Waals surface area (Å²) in [5, 5.41) is 5.30. The minimum absolute atomic E-state index is 0.107. The summed E-state index contributed by atoms with van der Waals surface area (Å²) in [6, 6.07) is 16.0. The number of aromatic nitrogens is 1. The van der Waals surface area contributed by atoms with Crippen LogP contribution in [-0.2, 0) is 11.2 Å². The topological polar surface area (TPSA) is 59.1 Å². The predicted octanol–water partition coefficient (Wildman–Crippen LogP) is 3.82. The highest BCUT2D eigenvalue weighted by Crippen LogP contribution is 2.14. The molecule has 1 heterocycles. The van der Waals surface area contributed by atoms with Crippen LogP contribution < -0.4 is 5.32 Å². The van der Waals surface area contributed by atoms with Gasteiger partial charge in [-0.1, -0.05) is 48.0 Å². The van der Waals surface area contributed by atoms with Gasteiger partial charge in [0.15, 0.2) is 5.78 Å². The monoisotopic (exact) mass is 352 g/mol. The van der Waals surface area contributed by atoms with Crippen LogP contribution in [0.3, 0.4) is 0 Å². The Morgan fingerprint density at radius 3 is 2.44 bits per heavy atom. The molecule has 0 aliphatic heterocycles. The lowest BCUT2D eigenvalue weighted by molar-refractivity contribution is -0.118. The first-order valence-corrected chi connectivity index (χ1v) is 8.31. The predicted molar refractivity (Wildman–Crippen MR) is 98.8 cm³/mol. The van der Waals surface area contributed by atoms with Gasteiger partial charge in [0.25, 0.3) is 5.91 Å². The molecule has 0 saturated carbocycles. The maximum absolute atomic E-state index is 12.5. The van der Waals surface area contributed by atoms with Gasteiger partial charge >= 0.3 is 0 Å². The average Bonchev–Trinajstić information content (AvgIpc) is 2.62. The molecule has 0 saturated heterocycles. The van der Waals surface area contributed by atoms with Crippen LogP contribution in [0.25, 0.3) is 10.8 Å². The van der Waals surface area contributed by atoms with Gasteiger partial charge in [0.05, 0.1) is 6.04 Å². The van der Waals surface area contributed by atoms with E-state index < -0.39 is 6.04 Å². The quantitative estimate of drug-likeness (QED) is 0.759. The van der Waals surface area contributed by atoms with E-state index in [1.807, 2.05) is 36.4 Å². The lowest BCUT2D eigenvalue weighted by atomic mass is 10.0. The standard InChI is InChI=1S/C20H17ClN2O2/c1-13(24)18(10-14-6-8-17(21)9-7-14)23-20(25)19-11-15-4-2-3-5-16(15)12-22-19/h2-9,11-12,18H,10H2,1H3,(H,23,25). The van der Waals surface area contributed by atoms with E-state index in [-0.39, 0.29) is 11.7 Å². The van der Waals surface area contributed by atoms with Crippen LogP contribution in [0.2, 0.25) is 5.02 Å². The molecule has 3 rings (SSSR count). The number of hydrogen-bond donors (Lipinski definition) is 1. The number of fused-ring (bicyclic) bond motifs is 1. The molecule has 3 aromatic rings. The van der Waals surface area contributed by atoms with E-state index in [1.165, 1.54) is 6.92 Å². The van der Waals surface area contributed by atoms with Gasteiger partial charge < -0.3 is 5.32 Å². The van der Waals surface area contributed by atoms with Gasteiger partial charge in [0, 0.05) is 16.6 Å². The minimum atomic E-state index is -0.609. The van der Waals surface area contributed by atoms with Gasteiger partial charge in [-0.15, -0.1) is 0 Å². The third-order valence-electron chi connectivity index (χ3n) is 4.01. The molecule has 0 aliphatic carbocycles. The zero-order valence-electron chi connectivity index (χ0n) is 13.7.